The van der Waals surface area contributed by atoms with Crippen molar-refractivity contribution in [2.45, 2.75) is 11.8 Å². The third-order valence-corrected chi connectivity index (χ3v) is 3.47. The Labute approximate surface area is 97.9 Å². The number of aryl methyl sites for hydroxylation is 1. The molecule has 1 heterocycles. The summed E-state index contributed by atoms with van der Waals surface area (Å²) in [6.07, 6.45) is 0. The minimum Gasteiger partial charge on any atom is -0.263 e. The van der Waals surface area contributed by atoms with Crippen molar-refractivity contribution in [1.29, 1.82) is 0 Å². The van der Waals surface area contributed by atoms with E-state index in [9.17, 15) is 0 Å². The van der Waals surface area contributed by atoms with E-state index in [1.807, 2.05) is 14.0 Å². The van der Waals surface area contributed by atoms with E-state index >= 15 is 0 Å². The summed E-state index contributed by atoms with van der Waals surface area (Å²) < 4.78 is 3.05. The minimum absolute atomic E-state index is 1.07. The molecule has 0 bridgehead atoms. The van der Waals surface area contributed by atoms with Gasteiger partial charge in [-0.3, -0.25) is 4.72 Å². The third kappa shape index (κ3) is 2.59. The molecule has 15 heavy (non-hydrogen) atoms. The molecule has 0 aliphatic heterocycles. The summed E-state index contributed by atoms with van der Waals surface area (Å²) in [7, 11) is 1.92. The maximum absolute atomic E-state index is 4.45. The predicted octanol–water partition coefficient (Wildman–Crippen LogP) is 3.35. The number of nitrogens with zero attached hydrogens (tertiary/aromatic N) is 1. The van der Waals surface area contributed by atoms with Gasteiger partial charge in [0.2, 0.25) is 0 Å². The van der Waals surface area contributed by atoms with Crippen LogP contribution in [-0.4, -0.2) is 12.0 Å². The van der Waals surface area contributed by atoms with Crippen LogP contribution in [0.4, 0.5) is 0 Å². The van der Waals surface area contributed by atoms with Crippen LogP contribution in [0.5, 0.6) is 0 Å². The lowest BCUT2D eigenvalue weighted by Crippen LogP contribution is -1.89. The molecule has 1 N–H and O–H groups in total. The molecule has 78 valence electrons. The van der Waals surface area contributed by atoms with Crippen LogP contribution < -0.4 is 4.72 Å². The van der Waals surface area contributed by atoms with Gasteiger partial charge in [0.1, 0.15) is 0 Å². The Bertz CT molecular complexity index is 434. The molecule has 0 saturated heterocycles. The van der Waals surface area contributed by atoms with Crippen LogP contribution in [0, 0.1) is 6.92 Å². The van der Waals surface area contributed by atoms with Crippen LogP contribution in [0.2, 0.25) is 0 Å². The van der Waals surface area contributed by atoms with Gasteiger partial charge in [-0.25, -0.2) is 4.98 Å². The zero-order valence-electron chi connectivity index (χ0n) is 8.65. The van der Waals surface area contributed by atoms with E-state index in [2.05, 4.69) is 39.4 Å². The standard InChI is InChI=1S/C11H12N2S2/c1-8-13-11(7-14-8)9-3-5-10(6-4-9)15-12-2/h3-7,12H,1-2H3. The van der Waals surface area contributed by atoms with Gasteiger partial charge in [-0.2, -0.15) is 0 Å². The molecule has 1 aromatic carbocycles. The largest absolute Gasteiger partial charge is 0.263 e. The number of aromatic nitrogens is 1. The molecule has 2 nitrogen and oxygen atoms in total. The summed E-state index contributed by atoms with van der Waals surface area (Å²) >= 11 is 3.30. The van der Waals surface area contributed by atoms with Gasteiger partial charge in [0.25, 0.3) is 0 Å². The molecule has 1 aromatic heterocycles. The Morgan fingerprint density at radius 2 is 2.00 bits per heavy atom. The molecule has 0 amide bonds. The Morgan fingerprint density at radius 3 is 2.53 bits per heavy atom. The van der Waals surface area contributed by atoms with Crippen molar-refractivity contribution in [3.63, 3.8) is 0 Å². The van der Waals surface area contributed by atoms with E-state index in [-0.39, 0.29) is 0 Å². The summed E-state index contributed by atoms with van der Waals surface area (Å²) in [5, 5.41) is 3.20. The summed E-state index contributed by atoms with van der Waals surface area (Å²) in [6.45, 7) is 2.03. The molecule has 0 saturated carbocycles. The Balaban J connectivity index is 2.23. The van der Waals surface area contributed by atoms with E-state index in [1.54, 1.807) is 23.3 Å². The number of thiazole rings is 1. The maximum Gasteiger partial charge on any atom is 0.0901 e. The minimum atomic E-state index is 1.07. The summed E-state index contributed by atoms with van der Waals surface area (Å²) in [5.74, 6) is 0. The van der Waals surface area contributed by atoms with E-state index in [0.29, 0.717) is 0 Å². The molecule has 0 radical (unpaired) electrons. The van der Waals surface area contributed by atoms with Gasteiger partial charge in [-0.15, -0.1) is 11.3 Å². The first-order valence-electron chi connectivity index (χ1n) is 4.66. The van der Waals surface area contributed by atoms with Crippen LogP contribution in [0.25, 0.3) is 11.3 Å². The van der Waals surface area contributed by atoms with Gasteiger partial charge >= 0.3 is 0 Å². The number of benzene rings is 1. The summed E-state index contributed by atoms with van der Waals surface area (Å²) in [6, 6.07) is 8.42. The molecular weight excluding hydrogens is 224 g/mol. The van der Waals surface area contributed by atoms with Gasteiger partial charge < -0.3 is 0 Å². The Morgan fingerprint density at radius 1 is 1.27 bits per heavy atom. The number of nitrogens with one attached hydrogen (secondary N) is 1. The maximum atomic E-state index is 4.45. The fourth-order valence-electron chi connectivity index (χ4n) is 1.31. The molecule has 0 aliphatic rings. The Hall–Kier alpha value is -0.840. The molecule has 0 unspecified atom stereocenters. The highest BCUT2D eigenvalue weighted by Crippen LogP contribution is 2.23. The summed E-state index contributed by atoms with van der Waals surface area (Å²) in [5.41, 5.74) is 2.25. The van der Waals surface area contributed by atoms with Crippen molar-refractivity contribution in [2.24, 2.45) is 0 Å². The van der Waals surface area contributed by atoms with Crippen LogP contribution in [-0.2, 0) is 0 Å². The van der Waals surface area contributed by atoms with Crippen molar-refractivity contribution >= 4 is 23.3 Å². The van der Waals surface area contributed by atoms with Crippen molar-refractivity contribution in [2.75, 3.05) is 7.05 Å². The fraction of sp³-hybridized carbons (Fsp3) is 0.182. The first-order chi connectivity index (χ1) is 7.29. The van der Waals surface area contributed by atoms with Gasteiger partial charge in [0, 0.05) is 15.8 Å². The predicted molar refractivity (Wildman–Crippen MR) is 67.2 cm³/mol. The smallest absolute Gasteiger partial charge is 0.0901 e. The zero-order chi connectivity index (χ0) is 10.7. The third-order valence-electron chi connectivity index (χ3n) is 1.99. The van der Waals surface area contributed by atoms with E-state index < -0.39 is 0 Å². The van der Waals surface area contributed by atoms with Crippen LogP contribution >= 0.6 is 23.3 Å². The van der Waals surface area contributed by atoms with Crippen molar-refractivity contribution < 1.29 is 0 Å². The average Bonchev–Trinajstić information content (AvgIpc) is 2.67. The number of rotatable bonds is 3. The van der Waals surface area contributed by atoms with Crippen molar-refractivity contribution in [3.05, 3.63) is 34.7 Å². The lowest BCUT2D eigenvalue weighted by molar-refractivity contribution is 1.27. The molecule has 4 heteroatoms. The monoisotopic (exact) mass is 236 g/mol. The molecule has 2 rings (SSSR count). The Kier molecular flexibility index (Phi) is 3.41. The normalized spacial score (nSPS) is 10.5. The second kappa shape index (κ2) is 4.79. The average molecular weight is 236 g/mol. The van der Waals surface area contributed by atoms with E-state index in [0.717, 1.165) is 10.7 Å². The SMILES string of the molecule is CNSc1ccc(-c2csc(C)n2)cc1. The van der Waals surface area contributed by atoms with Crippen LogP contribution in [0.15, 0.2) is 34.5 Å². The first kappa shape index (κ1) is 10.7. The molecular formula is C11H12N2S2. The van der Waals surface area contributed by atoms with Crippen LogP contribution in [0.1, 0.15) is 5.01 Å². The van der Waals surface area contributed by atoms with E-state index in [4.69, 9.17) is 0 Å². The molecule has 0 spiro atoms. The molecule has 0 atom stereocenters. The zero-order valence-corrected chi connectivity index (χ0v) is 10.3. The molecule has 2 aromatic rings. The van der Waals surface area contributed by atoms with Gasteiger partial charge in [0.05, 0.1) is 10.7 Å². The first-order valence-corrected chi connectivity index (χ1v) is 6.35. The second-order valence-electron chi connectivity index (χ2n) is 3.08. The number of hydrogen-bond acceptors (Lipinski definition) is 4. The quantitative estimate of drug-likeness (QED) is 0.827. The lowest BCUT2D eigenvalue weighted by atomic mass is 10.2. The van der Waals surface area contributed by atoms with E-state index in [1.165, 1.54) is 10.5 Å². The fourth-order valence-corrected chi connectivity index (χ4v) is 2.44. The highest BCUT2D eigenvalue weighted by atomic mass is 32.2. The van der Waals surface area contributed by atoms with Crippen LogP contribution in [0.3, 0.4) is 0 Å². The van der Waals surface area contributed by atoms with Crippen molar-refractivity contribution in [3.8, 4) is 11.3 Å². The topological polar surface area (TPSA) is 24.9 Å². The van der Waals surface area contributed by atoms with Crippen molar-refractivity contribution in [1.82, 2.24) is 9.71 Å². The molecule has 0 aliphatic carbocycles. The van der Waals surface area contributed by atoms with Gasteiger partial charge in [-0.1, -0.05) is 12.1 Å². The van der Waals surface area contributed by atoms with Gasteiger partial charge in [-0.05, 0) is 38.1 Å². The number of hydrogen-bond donors (Lipinski definition) is 1. The molecule has 0 fully saturated rings. The van der Waals surface area contributed by atoms with Gasteiger partial charge in [0.15, 0.2) is 0 Å². The highest BCUT2D eigenvalue weighted by molar-refractivity contribution is 7.97. The lowest BCUT2D eigenvalue weighted by Gasteiger charge is -2.00. The second-order valence-corrected chi connectivity index (χ2v) is 5.23. The summed E-state index contributed by atoms with van der Waals surface area (Å²) in [4.78, 5) is 5.67. The highest BCUT2D eigenvalue weighted by Gasteiger charge is 2.01.